The van der Waals surface area contributed by atoms with Gasteiger partial charge in [0.15, 0.2) is 0 Å². The second kappa shape index (κ2) is 7.90. The molecule has 4 N–H and O–H groups in total. The van der Waals surface area contributed by atoms with Gasteiger partial charge in [0.25, 0.3) is 5.91 Å². The third-order valence-electron chi connectivity index (χ3n) is 6.71. The van der Waals surface area contributed by atoms with Crippen molar-refractivity contribution in [2.24, 2.45) is 5.73 Å². The zero-order chi connectivity index (χ0) is 21.5. The van der Waals surface area contributed by atoms with Gasteiger partial charge in [-0.2, -0.15) is 0 Å². The van der Waals surface area contributed by atoms with Crippen molar-refractivity contribution in [2.75, 3.05) is 0 Å². The van der Waals surface area contributed by atoms with E-state index in [4.69, 9.17) is 5.73 Å². The van der Waals surface area contributed by atoms with E-state index in [1.54, 1.807) is 4.90 Å². The summed E-state index contributed by atoms with van der Waals surface area (Å²) in [5.74, 6) is -0.789. The number of benzene rings is 2. The van der Waals surface area contributed by atoms with E-state index in [1.165, 1.54) is 11.1 Å². The second-order valence-corrected chi connectivity index (χ2v) is 8.60. The Bertz CT molecular complexity index is 1070. The molecule has 3 aliphatic rings. The van der Waals surface area contributed by atoms with Crippen LogP contribution in [0.4, 0.5) is 0 Å². The van der Waals surface area contributed by atoms with E-state index < -0.39 is 6.04 Å². The number of imide groups is 1. The molecule has 3 unspecified atom stereocenters. The average Bonchev–Trinajstić information content (AvgIpc) is 3.10. The molecule has 7 heteroatoms. The van der Waals surface area contributed by atoms with Crippen molar-refractivity contribution in [1.29, 1.82) is 0 Å². The number of piperidine rings is 1. The molecule has 0 saturated carbocycles. The molecule has 3 amide bonds. The number of nitrogens with one attached hydrogen (secondary N) is 2. The van der Waals surface area contributed by atoms with Gasteiger partial charge in [-0.3, -0.25) is 19.7 Å². The van der Waals surface area contributed by atoms with Gasteiger partial charge in [-0.1, -0.05) is 42.5 Å². The van der Waals surface area contributed by atoms with Crippen molar-refractivity contribution < 1.29 is 14.4 Å². The van der Waals surface area contributed by atoms with Crippen LogP contribution in [0, 0.1) is 0 Å². The number of rotatable bonds is 4. The van der Waals surface area contributed by atoms with Crippen molar-refractivity contribution in [2.45, 2.75) is 56.9 Å². The van der Waals surface area contributed by atoms with Crippen molar-refractivity contribution in [1.82, 2.24) is 15.5 Å². The molecular formula is C24H26N4O3. The number of nitrogens with zero attached hydrogens (tertiary/aromatic N) is 1. The predicted octanol–water partition coefficient (Wildman–Crippen LogP) is 2.07. The van der Waals surface area contributed by atoms with Gasteiger partial charge in [-0.15, -0.1) is 0 Å². The first kappa shape index (κ1) is 19.9. The molecule has 31 heavy (non-hydrogen) atoms. The summed E-state index contributed by atoms with van der Waals surface area (Å²) >= 11 is 0. The monoisotopic (exact) mass is 418 g/mol. The number of carbonyl (C=O) groups is 3. The Morgan fingerprint density at radius 2 is 1.81 bits per heavy atom. The maximum Gasteiger partial charge on any atom is 0.255 e. The molecule has 0 aromatic heterocycles. The van der Waals surface area contributed by atoms with Crippen LogP contribution in [0.3, 0.4) is 0 Å². The molecule has 2 aliphatic heterocycles. The summed E-state index contributed by atoms with van der Waals surface area (Å²) in [5.41, 5.74) is 11.2. The van der Waals surface area contributed by atoms with Crippen molar-refractivity contribution in [3.05, 3.63) is 70.3 Å². The van der Waals surface area contributed by atoms with E-state index in [9.17, 15) is 14.4 Å². The molecular weight excluding hydrogens is 392 g/mol. The Morgan fingerprint density at radius 3 is 2.61 bits per heavy atom. The van der Waals surface area contributed by atoms with E-state index in [1.807, 2.05) is 30.3 Å². The fourth-order valence-electron chi connectivity index (χ4n) is 5.11. The Hall–Kier alpha value is -3.03. The fraction of sp³-hybridized carbons (Fsp3) is 0.375. The van der Waals surface area contributed by atoms with Crippen LogP contribution >= 0.6 is 0 Å². The Morgan fingerprint density at radius 1 is 1.00 bits per heavy atom. The van der Waals surface area contributed by atoms with Crippen molar-refractivity contribution in [3.8, 4) is 0 Å². The van der Waals surface area contributed by atoms with Gasteiger partial charge in [-0.25, -0.2) is 0 Å². The number of amides is 3. The van der Waals surface area contributed by atoms with Gasteiger partial charge in [0.05, 0.1) is 0 Å². The molecule has 2 aromatic carbocycles. The first-order chi connectivity index (χ1) is 15.0. The average molecular weight is 418 g/mol. The van der Waals surface area contributed by atoms with Crippen molar-refractivity contribution >= 4 is 17.7 Å². The Labute approximate surface area is 181 Å². The quantitative estimate of drug-likeness (QED) is 0.660. The number of nitrogens with two attached hydrogens (primary N) is 1. The lowest BCUT2D eigenvalue weighted by Gasteiger charge is -2.30. The molecule has 0 spiro atoms. The maximum atomic E-state index is 13.3. The number of fused-ring (bicyclic) bond motifs is 2. The normalized spacial score (nSPS) is 25.3. The predicted molar refractivity (Wildman–Crippen MR) is 115 cm³/mol. The molecule has 160 valence electrons. The minimum atomic E-state index is -0.592. The first-order valence-electron chi connectivity index (χ1n) is 10.9. The molecule has 2 aromatic rings. The highest BCUT2D eigenvalue weighted by molar-refractivity contribution is 6.06. The zero-order valence-corrected chi connectivity index (χ0v) is 17.3. The molecule has 2 heterocycles. The minimum absolute atomic E-state index is 0.0684. The molecule has 5 rings (SSSR count). The van der Waals surface area contributed by atoms with Gasteiger partial charge in [-0.05, 0) is 41.5 Å². The zero-order valence-electron chi connectivity index (χ0n) is 17.3. The van der Waals surface area contributed by atoms with E-state index in [0.717, 1.165) is 24.0 Å². The molecule has 3 atom stereocenters. The third kappa shape index (κ3) is 3.54. The Balaban J connectivity index is 1.35. The van der Waals surface area contributed by atoms with Crippen LogP contribution in [0.1, 0.15) is 70.4 Å². The lowest BCUT2D eigenvalue weighted by molar-refractivity contribution is -0.136. The van der Waals surface area contributed by atoms with Crippen LogP contribution < -0.4 is 16.4 Å². The molecule has 1 fully saturated rings. The highest BCUT2D eigenvalue weighted by Gasteiger charge is 2.40. The summed E-state index contributed by atoms with van der Waals surface area (Å²) in [5, 5.41) is 5.98. The van der Waals surface area contributed by atoms with E-state index in [2.05, 4.69) is 22.8 Å². The van der Waals surface area contributed by atoms with Gasteiger partial charge in [0.1, 0.15) is 6.04 Å². The topological polar surface area (TPSA) is 105 Å². The lowest BCUT2D eigenvalue weighted by atomic mass is 9.84. The van der Waals surface area contributed by atoms with Crippen LogP contribution in [0.2, 0.25) is 0 Å². The minimum Gasteiger partial charge on any atom is -0.324 e. The van der Waals surface area contributed by atoms with Crippen LogP contribution in [0.15, 0.2) is 42.5 Å². The molecule has 1 saturated heterocycles. The van der Waals surface area contributed by atoms with Gasteiger partial charge in [0.2, 0.25) is 11.8 Å². The van der Waals surface area contributed by atoms with Crippen LogP contribution in [0.5, 0.6) is 0 Å². The van der Waals surface area contributed by atoms with E-state index in [-0.39, 0.29) is 36.2 Å². The van der Waals surface area contributed by atoms with Gasteiger partial charge in [0, 0.05) is 37.2 Å². The van der Waals surface area contributed by atoms with Crippen LogP contribution in [-0.4, -0.2) is 28.7 Å². The maximum absolute atomic E-state index is 13.3. The Kier molecular flexibility index (Phi) is 5.08. The van der Waals surface area contributed by atoms with E-state index >= 15 is 0 Å². The fourth-order valence-corrected chi connectivity index (χ4v) is 5.11. The lowest BCUT2D eigenvalue weighted by Crippen LogP contribution is -2.52. The largest absolute Gasteiger partial charge is 0.324 e. The highest BCUT2D eigenvalue weighted by Crippen LogP contribution is 2.35. The summed E-state index contributed by atoms with van der Waals surface area (Å²) in [6.45, 7) is 0.960. The second-order valence-electron chi connectivity index (χ2n) is 8.60. The van der Waals surface area contributed by atoms with Crippen molar-refractivity contribution in [3.63, 3.8) is 0 Å². The molecule has 7 nitrogen and oxygen atoms in total. The number of carbonyl (C=O) groups excluding carboxylic acids is 3. The first-order valence-corrected chi connectivity index (χ1v) is 10.9. The molecule has 0 bridgehead atoms. The van der Waals surface area contributed by atoms with Crippen LogP contribution in [0.25, 0.3) is 0 Å². The number of hydrogen-bond acceptors (Lipinski definition) is 5. The smallest absolute Gasteiger partial charge is 0.255 e. The SMILES string of the molecule is NC1CCC(NCc2cccc3c2C(=O)N(C2CCC(=O)NC2=O)C3)c2ccccc21. The number of hydrogen-bond donors (Lipinski definition) is 3. The van der Waals surface area contributed by atoms with E-state index in [0.29, 0.717) is 25.1 Å². The third-order valence-corrected chi connectivity index (χ3v) is 6.71. The van der Waals surface area contributed by atoms with Crippen LogP contribution in [-0.2, 0) is 22.7 Å². The summed E-state index contributed by atoms with van der Waals surface area (Å²) in [6, 6.07) is 13.8. The summed E-state index contributed by atoms with van der Waals surface area (Å²) in [7, 11) is 0. The molecule has 1 aliphatic carbocycles. The highest BCUT2D eigenvalue weighted by atomic mass is 16.2. The summed E-state index contributed by atoms with van der Waals surface area (Å²) in [6.07, 6.45) is 2.50. The van der Waals surface area contributed by atoms with Gasteiger partial charge >= 0.3 is 0 Å². The molecule has 0 radical (unpaired) electrons. The standard InChI is InChI=1S/C24H26N4O3/c25-18-8-9-19(17-7-2-1-6-16(17)18)26-12-14-4-3-5-15-13-28(24(31)22(14)15)20-10-11-21(29)27-23(20)30/h1-7,18-20,26H,8-13,25H2,(H,27,29,30). The summed E-state index contributed by atoms with van der Waals surface area (Å²) in [4.78, 5) is 38.6. The van der Waals surface area contributed by atoms with Gasteiger partial charge < -0.3 is 16.0 Å². The summed E-state index contributed by atoms with van der Waals surface area (Å²) < 4.78 is 0.